The van der Waals surface area contributed by atoms with Gasteiger partial charge in [-0.05, 0) is 79.5 Å². The van der Waals surface area contributed by atoms with E-state index in [9.17, 15) is 9.18 Å². The van der Waals surface area contributed by atoms with Gasteiger partial charge in [0.05, 0.1) is 27.4 Å². The molecule has 0 atom stereocenters. The van der Waals surface area contributed by atoms with Crippen molar-refractivity contribution in [3.63, 3.8) is 0 Å². The maximum absolute atomic E-state index is 14.3. The van der Waals surface area contributed by atoms with Gasteiger partial charge in [0.15, 0.2) is 0 Å². The van der Waals surface area contributed by atoms with E-state index in [4.69, 9.17) is 40.1 Å². The third kappa shape index (κ3) is 4.77. The third-order valence-corrected chi connectivity index (χ3v) is 7.88. The highest BCUT2D eigenvalue weighted by Crippen LogP contribution is 2.48. The number of rotatable bonds is 3. The Morgan fingerprint density at radius 1 is 1.03 bits per heavy atom. The Balaban J connectivity index is 1.35. The van der Waals surface area contributed by atoms with Crippen LogP contribution in [0.5, 0.6) is 0 Å². The molecule has 2 heterocycles. The van der Waals surface area contributed by atoms with Crippen LogP contribution in [0.3, 0.4) is 0 Å². The molecule has 0 bridgehead atoms. The van der Waals surface area contributed by atoms with Crippen LogP contribution >= 0.6 is 34.8 Å². The molecule has 3 aromatic rings. The lowest BCUT2D eigenvalue weighted by atomic mass is 9.74. The van der Waals surface area contributed by atoms with Crippen molar-refractivity contribution in [2.75, 3.05) is 29.9 Å². The number of hydrogen-bond acceptors (Lipinski definition) is 3. The Hall–Kier alpha value is -2.82. The van der Waals surface area contributed by atoms with E-state index in [-0.39, 0.29) is 33.0 Å². The fourth-order valence-corrected chi connectivity index (χ4v) is 6.08. The third-order valence-electron chi connectivity index (χ3n) is 7.07. The van der Waals surface area contributed by atoms with Crippen LogP contribution in [0.4, 0.5) is 20.6 Å². The number of piperidine rings is 1. The molecule has 1 N–H and O–H groups in total. The fraction of sp³-hybridized carbons (Fsp3) is 0.259. The normalized spacial score (nSPS) is 16.6. The number of carbonyl (C=O) groups is 1. The van der Waals surface area contributed by atoms with E-state index < -0.39 is 0 Å². The number of carbonyl (C=O) groups excluding carboxylic acids is 1. The first kappa shape index (κ1) is 24.9. The second-order valence-corrected chi connectivity index (χ2v) is 10.5. The van der Waals surface area contributed by atoms with E-state index >= 15 is 0 Å². The number of benzene rings is 3. The second-order valence-electron chi connectivity index (χ2n) is 9.29. The molecule has 1 saturated heterocycles. The van der Waals surface area contributed by atoms with Gasteiger partial charge in [-0.1, -0.05) is 46.9 Å². The summed E-state index contributed by atoms with van der Waals surface area (Å²) in [4.78, 5) is 17.4. The van der Waals surface area contributed by atoms with Crippen LogP contribution in [0.25, 0.3) is 0 Å². The predicted molar refractivity (Wildman–Crippen MR) is 142 cm³/mol. The van der Waals surface area contributed by atoms with Gasteiger partial charge in [-0.25, -0.2) is 9.18 Å². The average Bonchev–Trinajstić information content (AvgIpc) is 3.16. The maximum Gasteiger partial charge on any atom is 0.326 e. The zero-order chi connectivity index (χ0) is 25.4. The summed E-state index contributed by atoms with van der Waals surface area (Å²) in [5.74, 6) is -0.320. The van der Waals surface area contributed by atoms with Gasteiger partial charge in [0.1, 0.15) is 5.82 Å². The first-order chi connectivity index (χ1) is 17.3. The van der Waals surface area contributed by atoms with Crippen molar-refractivity contribution in [2.45, 2.75) is 24.8 Å². The van der Waals surface area contributed by atoms with Crippen LogP contribution < -0.4 is 10.2 Å². The molecular weight excluding hydrogens is 522 g/mol. The molecule has 0 radical (unpaired) electrons. The summed E-state index contributed by atoms with van der Waals surface area (Å²) in [6, 6.07) is 17.0. The van der Waals surface area contributed by atoms with Gasteiger partial charge < -0.3 is 5.32 Å². The summed E-state index contributed by atoms with van der Waals surface area (Å²) < 4.78 is 14.3. The molecule has 2 aliphatic heterocycles. The summed E-state index contributed by atoms with van der Waals surface area (Å²) in [5.41, 5.74) is 3.26. The smallest absolute Gasteiger partial charge is 0.305 e. The number of nitrogens with zero attached hydrogens (tertiary/aromatic N) is 3. The topological polar surface area (TPSA) is 59.4 Å². The van der Waals surface area contributed by atoms with Gasteiger partial charge in [-0.15, -0.1) is 0 Å². The standard InChI is InChI=1S/C27H22Cl3FN4O/c28-19-11-22(29)25(23(30)12-19)33-26(36)35-16-27(21-13-20(31)5-6-24(21)35)7-9-34(10-8-27)15-18-3-1-17(14-32)2-4-18/h1-6,11-13H,7-10,15-16H2,(H,33,36). The Morgan fingerprint density at radius 3 is 2.33 bits per heavy atom. The predicted octanol–water partition coefficient (Wildman–Crippen LogP) is 7.24. The van der Waals surface area contributed by atoms with Crippen LogP contribution in [0.1, 0.15) is 29.5 Å². The zero-order valence-electron chi connectivity index (χ0n) is 19.2. The van der Waals surface area contributed by atoms with Crippen molar-refractivity contribution in [1.29, 1.82) is 5.26 Å². The molecule has 184 valence electrons. The quantitative estimate of drug-likeness (QED) is 0.379. The van der Waals surface area contributed by atoms with Crippen LogP contribution in [0.15, 0.2) is 54.6 Å². The van der Waals surface area contributed by atoms with Crippen molar-refractivity contribution in [1.82, 2.24) is 4.90 Å². The molecule has 1 spiro atoms. The largest absolute Gasteiger partial charge is 0.326 e. The van der Waals surface area contributed by atoms with E-state index in [1.165, 1.54) is 18.2 Å². The van der Waals surface area contributed by atoms with Crippen LogP contribution in [0, 0.1) is 17.1 Å². The summed E-state index contributed by atoms with van der Waals surface area (Å²) in [6.45, 7) is 2.82. The van der Waals surface area contributed by atoms with Gasteiger partial charge in [0.2, 0.25) is 0 Å². The van der Waals surface area contributed by atoms with Gasteiger partial charge in [-0.3, -0.25) is 9.80 Å². The number of fused-ring (bicyclic) bond motifs is 2. The number of halogens is 4. The first-order valence-electron chi connectivity index (χ1n) is 11.5. The van der Waals surface area contributed by atoms with E-state index in [1.807, 2.05) is 24.3 Å². The van der Waals surface area contributed by atoms with Crippen LogP contribution in [-0.2, 0) is 12.0 Å². The summed E-state index contributed by atoms with van der Waals surface area (Å²) >= 11 is 18.5. The van der Waals surface area contributed by atoms with Crippen LogP contribution in [-0.4, -0.2) is 30.6 Å². The molecule has 3 aromatic carbocycles. The number of hydrogen-bond donors (Lipinski definition) is 1. The van der Waals surface area contributed by atoms with Gasteiger partial charge >= 0.3 is 6.03 Å². The first-order valence-corrected chi connectivity index (χ1v) is 12.7. The number of nitriles is 1. The fourth-order valence-electron chi connectivity index (χ4n) is 5.17. The van der Waals surface area contributed by atoms with E-state index in [2.05, 4.69) is 16.3 Å². The molecule has 0 saturated carbocycles. The molecule has 9 heteroatoms. The Labute approximate surface area is 224 Å². The highest BCUT2D eigenvalue weighted by molar-refractivity contribution is 6.42. The maximum atomic E-state index is 14.3. The molecule has 5 rings (SSSR count). The van der Waals surface area contributed by atoms with E-state index in [1.54, 1.807) is 17.0 Å². The highest BCUT2D eigenvalue weighted by atomic mass is 35.5. The number of nitrogens with one attached hydrogen (secondary N) is 1. The SMILES string of the molecule is N#Cc1ccc(CN2CCC3(CC2)CN(C(=O)Nc2c(Cl)cc(Cl)cc2Cl)c2ccc(F)cc23)cc1. The molecule has 0 unspecified atom stereocenters. The molecule has 36 heavy (non-hydrogen) atoms. The van der Waals surface area contributed by atoms with Crippen molar-refractivity contribution < 1.29 is 9.18 Å². The molecule has 2 aliphatic rings. The Bertz CT molecular complexity index is 1340. The van der Waals surface area contributed by atoms with Gasteiger partial charge in [0, 0.05) is 29.2 Å². The Kier molecular flexibility index (Phi) is 6.84. The number of anilines is 2. The zero-order valence-corrected chi connectivity index (χ0v) is 21.5. The minimum atomic E-state index is -0.383. The van der Waals surface area contributed by atoms with Crippen molar-refractivity contribution in [3.05, 3.63) is 92.2 Å². The molecule has 0 aliphatic carbocycles. The van der Waals surface area contributed by atoms with Crippen LogP contribution in [0.2, 0.25) is 15.1 Å². The van der Waals surface area contributed by atoms with Crippen molar-refractivity contribution in [3.8, 4) is 6.07 Å². The molecular formula is C27H22Cl3FN4O. The molecule has 2 amide bonds. The summed E-state index contributed by atoms with van der Waals surface area (Å²) in [5, 5.41) is 12.7. The van der Waals surface area contributed by atoms with E-state index in [0.29, 0.717) is 22.8 Å². The number of amides is 2. The lowest BCUT2D eigenvalue weighted by Crippen LogP contribution is -2.46. The molecule has 5 nitrogen and oxygen atoms in total. The molecule has 1 fully saturated rings. The van der Waals surface area contributed by atoms with E-state index in [0.717, 1.165) is 43.6 Å². The highest BCUT2D eigenvalue weighted by Gasteiger charge is 2.46. The lowest BCUT2D eigenvalue weighted by Gasteiger charge is -2.40. The Morgan fingerprint density at radius 2 is 1.69 bits per heavy atom. The average molecular weight is 544 g/mol. The number of likely N-dealkylation sites (tertiary alicyclic amines) is 1. The number of urea groups is 1. The lowest BCUT2D eigenvalue weighted by molar-refractivity contribution is 0.160. The van der Waals surface area contributed by atoms with Crippen molar-refractivity contribution >= 4 is 52.2 Å². The van der Waals surface area contributed by atoms with Gasteiger partial charge in [-0.2, -0.15) is 5.26 Å². The minimum Gasteiger partial charge on any atom is -0.305 e. The summed E-state index contributed by atoms with van der Waals surface area (Å²) in [7, 11) is 0. The van der Waals surface area contributed by atoms with Gasteiger partial charge in [0.25, 0.3) is 0 Å². The second kappa shape index (κ2) is 9.91. The monoisotopic (exact) mass is 542 g/mol. The molecule has 0 aromatic heterocycles. The summed E-state index contributed by atoms with van der Waals surface area (Å²) in [6.07, 6.45) is 1.57. The van der Waals surface area contributed by atoms with Crippen molar-refractivity contribution in [2.24, 2.45) is 0 Å². The minimum absolute atomic E-state index is 0.241.